The highest BCUT2D eigenvalue weighted by Crippen LogP contribution is 2.40. The molecular weight excluding hydrogens is 280 g/mol. The maximum absolute atomic E-state index is 12.1. The molecule has 20 heavy (non-hydrogen) atoms. The van der Waals surface area contributed by atoms with Gasteiger partial charge in [-0.3, -0.25) is 4.79 Å². The average Bonchev–Trinajstić information content (AvgIpc) is 3.01. The Balaban J connectivity index is 1.74. The Hall–Kier alpha value is -2.15. The van der Waals surface area contributed by atoms with Crippen molar-refractivity contribution < 1.29 is 18.8 Å². The number of nitrogens with one attached hydrogen (secondary N) is 1. The number of aromatic nitrogens is 1. The van der Waals surface area contributed by atoms with Crippen molar-refractivity contribution in [3.05, 3.63) is 33.8 Å². The smallest absolute Gasteiger partial charge is 0.350 e. The quantitative estimate of drug-likeness (QED) is 0.876. The number of ether oxygens (including phenoxy) is 1. The molecule has 2 aromatic heterocycles. The van der Waals surface area contributed by atoms with Gasteiger partial charge in [-0.2, -0.15) is 0 Å². The van der Waals surface area contributed by atoms with Crippen molar-refractivity contribution >= 4 is 28.9 Å². The number of anilines is 1. The van der Waals surface area contributed by atoms with E-state index >= 15 is 0 Å². The Morgan fingerprint density at radius 3 is 3.00 bits per heavy atom. The summed E-state index contributed by atoms with van der Waals surface area (Å²) in [6.45, 7) is 0. The first-order valence-electron chi connectivity index (χ1n) is 6.13. The van der Waals surface area contributed by atoms with Crippen LogP contribution in [-0.4, -0.2) is 24.1 Å². The Morgan fingerprint density at radius 2 is 2.30 bits per heavy atom. The number of thiophene rings is 1. The summed E-state index contributed by atoms with van der Waals surface area (Å²) in [4.78, 5) is 23.9. The third kappa shape index (κ3) is 2.44. The van der Waals surface area contributed by atoms with E-state index in [4.69, 9.17) is 4.52 Å². The van der Waals surface area contributed by atoms with Crippen LogP contribution < -0.4 is 5.32 Å². The molecule has 0 unspecified atom stereocenters. The predicted molar refractivity (Wildman–Crippen MR) is 72.1 cm³/mol. The van der Waals surface area contributed by atoms with Gasteiger partial charge < -0.3 is 14.6 Å². The topological polar surface area (TPSA) is 81.4 Å². The third-order valence-electron chi connectivity index (χ3n) is 3.02. The lowest BCUT2D eigenvalue weighted by atomic mass is 10.2. The highest BCUT2D eigenvalue weighted by molar-refractivity contribution is 7.12. The number of rotatable bonds is 4. The summed E-state index contributed by atoms with van der Waals surface area (Å²) in [5.41, 5.74) is 0.636. The molecular formula is C13H12N2O4S. The van der Waals surface area contributed by atoms with E-state index < -0.39 is 11.9 Å². The lowest BCUT2D eigenvalue weighted by Gasteiger charge is -2.02. The van der Waals surface area contributed by atoms with E-state index in [9.17, 15) is 9.59 Å². The number of nitrogens with zero attached hydrogens (tertiary/aromatic N) is 1. The van der Waals surface area contributed by atoms with Crippen LogP contribution in [0.15, 0.2) is 22.0 Å². The number of amides is 1. The first kappa shape index (κ1) is 12.9. The van der Waals surface area contributed by atoms with Crippen molar-refractivity contribution in [3.63, 3.8) is 0 Å². The Labute approximate surface area is 118 Å². The molecule has 0 bridgehead atoms. The van der Waals surface area contributed by atoms with Gasteiger partial charge in [0.15, 0.2) is 5.69 Å². The highest BCUT2D eigenvalue weighted by Gasteiger charge is 2.29. The molecule has 0 spiro atoms. The second-order valence-corrected chi connectivity index (χ2v) is 5.41. The van der Waals surface area contributed by atoms with Gasteiger partial charge in [-0.25, -0.2) is 4.79 Å². The number of hydrogen-bond acceptors (Lipinski definition) is 6. The van der Waals surface area contributed by atoms with Crippen molar-refractivity contribution in [1.29, 1.82) is 0 Å². The van der Waals surface area contributed by atoms with Crippen LogP contribution in [0.4, 0.5) is 5.69 Å². The molecule has 1 saturated carbocycles. The third-order valence-corrected chi connectivity index (χ3v) is 3.92. The van der Waals surface area contributed by atoms with Crippen LogP contribution >= 0.6 is 11.3 Å². The molecule has 0 atom stereocenters. The Morgan fingerprint density at radius 1 is 1.50 bits per heavy atom. The summed E-state index contributed by atoms with van der Waals surface area (Å²) in [6.07, 6.45) is 2.15. The van der Waals surface area contributed by atoms with E-state index in [0.29, 0.717) is 16.5 Å². The summed E-state index contributed by atoms with van der Waals surface area (Å²) < 4.78 is 9.78. The zero-order chi connectivity index (χ0) is 14.1. The second-order valence-electron chi connectivity index (χ2n) is 4.50. The van der Waals surface area contributed by atoms with Crippen molar-refractivity contribution in [1.82, 2.24) is 5.16 Å². The minimum absolute atomic E-state index is 0.217. The van der Waals surface area contributed by atoms with Crippen molar-refractivity contribution in [3.8, 4) is 0 Å². The normalized spacial score (nSPS) is 14.1. The van der Waals surface area contributed by atoms with Crippen LogP contribution in [0.5, 0.6) is 0 Å². The minimum Gasteiger partial charge on any atom is -0.465 e. The standard InChI is InChI=1S/C13H12N2O4S/c1-18-13(17)11-8(4-5-20-11)14-12(16)9-6-10(19-15-9)7-2-3-7/h4-7H,2-3H2,1H3,(H,14,16). The molecule has 1 fully saturated rings. The summed E-state index contributed by atoms with van der Waals surface area (Å²) in [5.74, 6) is 0.266. The molecule has 0 aromatic carbocycles. The van der Waals surface area contributed by atoms with Crippen molar-refractivity contribution in [2.75, 3.05) is 12.4 Å². The van der Waals surface area contributed by atoms with E-state index in [0.717, 1.165) is 18.6 Å². The highest BCUT2D eigenvalue weighted by atomic mass is 32.1. The molecule has 2 aromatic rings. The Kier molecular flexibility index (Phi) is 3.27. The molecule has 6 nitrogen and oxygen atoms in total. The summed E-state index contributed by atoms with van der Waals surface area (Å²) in [5, 5.41) is 8.10. The number of esters is 1. The van der Waals surface area contributed by atoms with Crippen molar-refractivity contribution in [2.45, 2.75) is 18.8 Å². The van der Waals surface area contributed by atoms with E-state index in [1.165, 1.54) is 18.4 Å². The first-order chi connectivity index (χ1) is 9.69. The van der Waals surface area contributed by atoms with E-state index in [1.54, 1.807) is 17.5 Å². The molecule has 0 aliphatic heterocycles. The van der Waals surface area contributed by atoms with E-state index in [2.05, 4.69) is 15.2 Å². The predicted octanol–water partition coefficient (Wildman–Crippen LogP) is 2.65. The van der Waals surface area contributed by atoms with Crippen LogP contribution in [0.1, 0.15) is 44.7 Å². The van der Waals surface area contributed by atoms with Crippen LogP contribution in [0.2, 0.25) is 0 Å². The summed E-state index contributed by atoms with van der Waals surface area (Å²) in [7, 11) is 1.30. The molecule has 2 heterocycles. The van der Waals surface area contributed by atoms with Gasteiger partial charge in [0.05, 0.1) is 12.8 Å². The number of methoxy groups -OCH3 is 1. The van der Waals surface area contributed by atoms with Gasteiger partial charge in [0, 0.05) is 12.0 Å². The van der Waals surface area contributed by atoms with Gasteiger partial charge in [-0.1, -0.05) is 5.16 Å². The number of hydrogen-bond donors (Lipinski definition) is 1. The molecule has 1 N–H and O–H groups in total. The second kappa shape index (κ2) is 5.09. The average molecular weight is 292 g/mol. The molecule has 7 heteroatoms. The molecule has 104 valence electrons. The van der Waals surface area contributed by atoms with Gasteiger partial charge in [-0.05, 0) is 24.3 Å². The van der Waals surface area contributed by atoms with Crippen molar-refractivity contribution in [2.24, 2.45) is 0 Å². The zero-order valence-electron chi connectivity index (χ0n) is 10.7. The molecule has 1 amide bonds. The monoisotopic (exact) mass is 292 g/mol. The van der Waals surface area contributed by atoms with Gasteiger partial charge in [-0.15, -0.1) is 11.3 Å². The van der Waals surface area contributed by atoms with Gasteiger partial charge in [0.1, 0.15) is 10.6 Å². The van der Waals surface area contributed by atoms with Gasteiger partial charge in [0.25, 0.3) is 5.91 Å². The van der Waals surface area contributed by atoms with E-state index in [1.807, 2.05) is 0 Å². The first-order valence-corrected chi connectivity index (χ1v) is 7.00. The largest absolute Gasteiger partial charge is 0.465 e. The molecule has 3 rings (SSSR count). The Bertz CT molecular complexity index is 657. The fraction of sp³-hybridized carbons (Fsp3) is 0.308. The lowest BCUT2D eigenvalue weighted by Crippen LogP contribution is -2.14. The summed E-state index contributed by atoms with van der Waals surface area (Å²) >= 11 is 1.21. The van der Waals surface area contributed by atoms with Gasteiger partial charge >= 0.3 is 5.97 Å². The van der Waals surface area contributed by atoms with Crippen LogP contribution in [-0.2, 0) is 4.74 Å². The fourth-order valence-corrected chi connectivity index (χ4v) is 2.57. The lowest BCUT2D eigenvalue weighted by molar-refractivity contribution is 0.0607. The molecule has 0 radical (unpaired) electrons. The van der Waals surface area contributed by atoms with Gasteiger partial charge in [0.2, 0.25) is 0 Å². The van der Waals surface area contributed by atoms with Crippen LogP contribution in [0, 0.1) is 0 Å². The SMILES string of the molecule is COC(=O)c1sccc1NC(=O)c1cc(C2CC2)on1. The number of carbonyl (C=O) groups is 2. The summed E-state index contributed by atoms with van der Waals surface area (Å²) in [6, 6.07) is 3.30. The number of carbonyl (C=O) groups excluding carboxylic acids is 2. The minimum atomic E-state index is -0.478. The van der Waals surface area contributed by atoms with Crippen LogP contribution in [0.3, 0.4) is 0 Å². The van der Waals surface area contributed by atoms with Crippen LogP contribution in [0.25, 0.3) is 0 Å². The fourth-order valence-electron chi connectivity index (χ4n) is 1.80. The zero-order valence-corrected chi connectivity index (χ0v) is 11.5. The maximum Gasteiger partial charge on any atom is 0.350 e. The molecule has 0 saturated heterocycles. The molecule has 1 aliphatic carbocycles. The molecule has 1 aliphatic rings. The maximum atomic E-state index is 12.1. The van der Waals surface area contributed by atoms with E-state index in [-0.39, 0.29) is 5.69 Å².